The van der Waals surface area contributed by atoms with E-state index in [-0.39, 0.29) is 11.6 Å². The Morgan fingerprint density at radius 3 is 2.65 bits per heavy atom. The summed E-state index contributed by atoms with van der Waals surface area (Å²) in [6.07, 6.45) is 1.04. The molecule has 2 aromatic carbocycles. The summed E-state index contributed by atoms with van der Waals surface area (Å²) in [5.41, 5.74) is 1.61. The lowest BCUT2D eigenvalue weighted by atomic mass is 10.1. The van der Waals surface area contributed by atoms with Gasteiger partial charge in [0.2, 0.25) is 0 Å². The summed E-state index contributed by atoms with van der Waals surface area (Å²) < 4.78 is 18.6. The molecule has 0 fully saturated rings. The molecule has 20 heavy (non-hydrogen) atoms. The second kappa shape index (κ2) is 6.85. The molecule has 0 radical (unpaired) electrons. The predicted molar refractivity (Wildman–Crippen MR) is 76.6 cm³/mol. The van der Waals surface area contributed by atoms with Crippen LogP contribution in [0.1, 0.15) is 28.8 Å². The third kappa shape index (κ3) is 3.92. The number of aryl methyl sites for hydroxylation is 1. The van der Waals surface area contributed by atoms with Gasteiger partial charge in [-0.25, -0.2) is 4.39 Å². The van der Waals surface area contributed by atoms with Crippen molar-refractivity contribution in [3.8, 4) is 5.75 Å². The summed E-state index contributed by atoms with van der Waals surface area (Å²) in [7, 11) is 0. The van der Waals surface area contributed by atoms with Crippen molar-refractivity contribution in [1.82, 2.24) is 0 Å². The SMILES string of the molecule is Cc1ccc(F)cc1OCCCC(=O)c1ccccc1. The fourth-order valence-corrected chi connectivity index (χ4v) is 1.91. The van der Waals surface area contributed by atoms with E-state index < -0.39 is 0 Å². The number of ether oxygens (including phenoxy) is 1. The van der Waals surface area contributed by atoms with Gasteiger partial charge in [0.15, 0.2) is 5.78 Å². The first-order chi connectivity index (χ1) is 9.66. The van der Waals surface area contributed by atoms with Crippen LogP contribution in [-0.4, -0.2) is 12.4 Å². The molecule has 0 aromatic heterocycles. The van der Waals surface area contributed by atoms with Gasteiger partial charge in [0, 0.05) is 18.1 Å². The number of carbonyl (C=O) groups is 1. The molecule has 0 aliphatic carbocycles. The van der Waals surface area contributed by atoms with Gasteiger partial charge >= 0.3 is 0 Å². The second-order valence-corrected chi connectivity index (χ2v) is 4.65. The number of rotatable bonds is 6. The summed E-state index contributed by atoms with van der Waals surface area (Å²) in [6.45, 7) is 2.27. The lowest BCUT2D eigenvalue weighted by Crippen LogP contribution is -2.04. The number of hydrogen-bond donors (Lipinski definition) is 0. The van der Waals surface area contributed by atoms with Crippen molar-refractivity contribution in [2.45, 2.75) is 19.8 Å². The first-order valence-corrected chi connectivity index (χ1v) is 6.64. The highest BCUT2D eigenvalue weighted by molar-refractivity contribution is 5.95. The molecule has 2 nitrogen and oxygen atoms in total. The Kier molecular flexibility index (Phi) is 4.88. The predicted octanol–water partition coefficient (Wildman–Crippen LogP) is 4.18. The number of carbonyl (C=O) groups excluding carboxylic acids is 1. The summed E-state index contributed by atoms with van der Waals surface area (Å²) >= 11 is 0. The Bertz CT molecular complexity index is 579. The zero-order chi connectivity index (χ0) is 14.4. The van der Waals surface area contributed by atoms with Gasteiger partial charge in [-0.2, -0.15) is 0 Å². The van der Waals surface area contributed by atoms with Gasteiger partial charge in [-0.1, -0.05) is 36.4 Å². The highest BCUT2D eigenvalue weighted by atomic mass is 19.1. The Morgan fingerprint density at radius 2 is 1.90 bits per heavy atom. The van der Waals surface area contributed by atoms with E-state index in [2.05, 4.69) is 0 Å². The molecule has 2 rings (SSSR count). The maximum absolute atomic E-state index is 13.1. The van der Waals surface area contributed by atoms with Crippen molar-refractivity contribution in [1.29, 1.82) is 0 Å². The summed E-state index contributed by atoms with van der Waals surface area (Å²) in [6, 6.07) is 13.6. The number of ketones is 1. The molecule has 0 saturated carbocycles. The molecule has 0 heterocycles. The minimum Gasteiger partial charge on any atom is -0.493 e. The molecule has 2 aromatic rings. The minimum absolute atomic E-state index is 0.102. The molecule has 0 aliphatic rings. The third-order valence-corrected chi connectivity index (χ3v) is 3.05. The Labute approximate surface area is 118 Å². The van der Waals surface area contributed by atoms with Crippen LogP contribution in [0.5, 0.6) is 5.75 Å². The minimum atomic E-state index is -0.314. The molecular formula is C17H17FO2. The van der Waals surface area contributed by atoms with Crippen LogP contribution in [-0.2, 0) is 0 Å². The Morgan fingerprint density at radius 1 is 1.15 bits per heavy atom. The third-order valence-electron chi connectivity index (χ3n) is 3.05. The van der Waals surface area contributed by atoms with Crippen LogP contribution in [0.2, 0.25) is 0 Å². The highest BCUT2D eigenvalue weighted by Crippen LogP contribution is 2.19. The number of halogens is 1. The monoisotopic (exact) mass is 272 g/mol. The lowest BCUT2D eigenvalue weighted by Gasteiger charge is -2.08. The van der Waals surface area contributed by atoms with E-state index in [9.17, 15) is 9.18 Å². The maximum atomic E-state index is 13.1. The summed E-state index contributed by atoms with van der Waals surface area (Å²) in [5, 5.41) is 0. The standard InChI is InChI=1S/C17H17FO2/c1-13-9-10-15(18)12-17(13)20-11-5-8-16(19)14-6-3-2-4-7-14/h2-4,6-7,9-10,12H,5,8,11H2,1H3. The van der Waals surface area contributed by atoms with Crippen molar-refractivity contribution in [2.24, 2.45) is 0 Å². The molecule has 0 saturated heterocycles. The average Bonchev–Trinajstić information content (AvgIpc) is 2.47. The van der Waals surface area contributed by atoms with Gasteiger partial charge in [0.1, 0.15) is 11.6 Å². The van der Waals surface area contributed by atoms with Crippen LogP contribution in [0.4, 0.5) is 4.39 Å². The second-order valence-electron chi connectivity index (χ2n) is 4.65. The maximum Gasteiger partial charge on any atom is 0.163 e. The largest absolute Gasteiger partial charge is 0.493 e. The highest BCUT2D eigenvalue weighted by Gasteiger charge is 2.06. The average molecular weight is 272 g/mol. The van der Waals surface area contributed by atoms with Gasteiger partial charge in [-0.15, -0.1) is 0 Å². The molecule has 0 atom stereocenters. The number of Topliss-reactive ketones (excluding diaryl/α,β-unsaturated/α-hetero) is 1. The molecular weight excluding hydrogens is 255 g/mol. The zero-order valence-electron chi connectivity index (χ0n) is 11.4. The molecule has 0 N–H and O–H groups in total. The van der Waals surface area contributed by atoms with Gasteiger partial charge < -0.3 is 4.74 Å². The van der Waals surface area contributed by atoms with Gasteiger partial charge in [-0.05, 0) is 25.0 Å². The van der Waals surface area contributed by atoms with Crippen molar-refractivity contribution in [3.63, 3.8) is 0 Å². The van der Waals surface area contributed by atoms with E-state index in [1.54, 1.807) is 18.2 Å². The molecule has 0 unspecified atom stereocenters. The van der Waals surface area contributed by atoms with E-state index in [0.717, 1.165) is 11.1 Å². The van der Waals surface area contributed by atoms with Crippen molar-refractivity contribution in [2.75, 3.05) is 6.61 Å². The first kappa shape index (κ1) is 14.3. The van der Waals surface area contributed by atoms with Crippen molar-refractivity contribution in [3.05, 3.63) is 65.5 Å². The van der Waals surface area contributed by atoms with E-state index in [1.807, 2.05) is 25.1 Å². The molecule has 3 heteroatoms. The van der Waals surface area contributed by atoms with E-state index in [4.69, 9.17) is 4.74 Å². The van der Waals surface area contributed by atoms with Crippen LogP contribution in [0.3, 0.4) is 0 Å². The Hall–Kier alpha value is -2.16. The van der Waals surface area contributed by atoms with Crippen LogP contribution in [0.25, 0.3) is 0 Å². The van der Waals surface area contributed by atoms with E-state index in [0.29, 0.717) is 25.2 Å². The van der Waals surface area contributed by atoms with Crippen molar-refractivity contribution < 1.29 is 13.9 Å². The van der Waals surface area contributed by atoms with Crippen LogP contribution in [0.15, 0.2) is 48.5 Å². The van der Waals surface area contributed by atoms with Gasteiger partial charge in [0.05, 0.1) is 6.61 Å². The molecule has 0 aliphatic heterocycles. The summed E-state index contributed by atoms with van der Waals surface area (Å²) in [4.78, 5) is 11.9. The van der Waals surface area contributed by atoms with E-state index >= 15 is 0 Å². The van der Waals surface area contributed by atoms with Crippen LogP contribution in [0, 0.1) is 12.7 Å². The topological polar surface area (TPSA) is 26.3 Å². The number of benzene rings is 2. The Balaban J connectivity index is 1.79. The van der Waals surface area contributed by atoms with Gasteiger partial charge in [0.25, 0.3) is 0 Å². The van der Waals surface area contributed by atoms with Crippen molar-refractivity contribution >= 4 is 5.78 Å². The van der Waals surface area contributed by atoms with E-state index in [1.165, 1.54) is 12.1 Å². The normalized spacial score (nSPS) is 10.3. The molecule has 104 valence electrons. The fourth-order valence-electron chi connectivity index (χ4n) is 1.91. The molecule has 0 spiro atoms. The quantitative estimate of drug-likeness (QED) is 0.582. The van der Waals surface area contributed by atoms with Gasteiger partial charge in [-0.3, -0.25) is 4.79 Å². The first-order valence-electron chi connectivity index (χ1n) is 6.64. The lowest BCUT2D eigenvalue weighted by molar-refractivity contribution is 0.0973. The fraction of sp³-hybridized carbons (Fsp3) is 0.235. The number of hydrogen-bond acceptors (Lipinski definition) is 2. The molecule has 0 bridgehead atoms. The smallest absolute Gasteiger partial charge is 0.163 e. The molecule has 0 amide bonds. The van der Waals surface area contributed by atoms with Crippen LogP contribution < -0.4 is 4.74 Å². The van der Waals surface area contributed by atoms with Crippen LogP contribution >= 0.6 is 0 Å². The zero-order valence-corrected chi connectivity index (χ0v) is 11.4. The summed E-state index contributed by atoms with van der Waals surface area (Å²) in [5.74, 6) is 0.327.